The number of rotatable bonds is 5. The number of nitrogens with one attached hydrogen (secondary N) is 2. The number of hydrogen-bond donors (Lipinski definition) is 2. The van der Waals surface area contributed by atoms with E-state index in [0.717, 1.165) is 12.0 Å². The van der Waals surface area contributed by atoms with Crippen molar-refractivity contribution >= 4 is 5.91 Å². The van der Waals surface area contributed by atoms with Crippen LogP contribution in [0.5, 0.6) is 0 Å². The highest BCUT2D eigenvalue weighted by atomic mass is 19.1. The minimum Gasteiger partial charge on any atom is -0.287 e. The molecule has 1 unspecified atom stereocenters. The molecule has 104 valence electrons. The fourth-order valence-electron chi connectivity index (χ4n) is 1.96. The van der Waals surface area contributed by atoms with Gasteiger partial charge in [-0.3, -0.25) is 10.2 Å². The lowest BCUT2D eigenvalue weighted by Crippen LogP contribution is -2.39. The van der Waals surface area contributed by atoms with Crippen LogP contribution in [0.1, 0.15) is 35.3 Å². The first-order valence-corrected chi connectivity index (χ1v) is 6.57. The summed E-state index contributed by atoms with van der Waals surface area (Å²) in [6, 6.07) is 15.5. The van der Waals surface area contributed by atoms with Gasteiger partial charge in [0.2, 0.25) is 0 Å². The molecule has 0 radical (unpaired) electrons. The third kappa shape index (κ3) is 3.65. The first-order valence-electron chi connectivity index (χ1n) is 6.57. The second-order valence-electron chi connectivity index (χ2n) is 4.48. The van der Waals surface area contributed by atoms with Gasteiger partial charge in [0, 0.05) is 5.56 Å². The third-order valence-electron chi connectivity index (χ3n) is 3.06. The average molecular weight is 272 g/mol. The quantitative estimate of drug-likeness (QED) is 0.821. The van der Waals surface area contributed by atoms with Gasteiger partial charge in [0.25, 0.3) is 5.91 Å². The number of hydrazine groups is 1. The molecule has 0 aliphatic carbocycles. The summed E-state index contributed by atoms with van der Waals surface area (Å²) in [4.78, 5) is 11.9. The standard InChI is InChI=1S/C16H17FN2O/c1-2-15(12-7-4-3-5-8-12)18-19-16(20)13-9-6-10-14(17)11-13/h3-11,15,18H,2H2,1H3,(H,19,20). The van der Waals surface area contributed by atoms with Gasteiger partial charge in [0.05, 0.1) is 6.04 Å². The topological polar surface area (TPSA) is 41.1 Å². The van der Waals surface area contributed by atoms with Crippen LogP contribution in [0.2, 0.25) is 0 Å². The molecule has 2 N–H and O–H groups in total. The smallest absolute Gasteiger partial charge is 0.265 e. The molecular weight excluding hydrogens is 255 g/mol. The summed E-state index contributed by atoms with van der Waals surface area (Å²) in [5.74, 6) is -0.772. The molecule has 2 aromatic carbocycles. The number of halogens is 1. The van der Waals surface area contributed by atoms with Crippen molar-refractivity contribution in [3.8, 4) is 0 Å². The highest BCUT2D eigenvalue weighted by molar-refractivity contribution is 5.93. The lowest BCUT2D eigenvalue weighted by Gasteiger charge is -2.18. The Morgan fingerprint density at radius 3 is 2.55 bits per heavy atom. The fourth-order valence-corrected chi connectivity index (χ4v) is 1.96. The van der Waals surface area contributed by atoms with Gasteiger partial charge in [-0.05, 0) is 30.2 Å². The first kappa shape index (κ1) is 14.2. The molecule has 1 amide bonds. The predicted octanol–water partition coefficient (Wildman–Crippen LogP) is 3.21. The second-order valence-corrected chi connectivity index (χ2v) is 4.48. The molecular formula is C16H17FN2O. The molecule has 0 aliphatic heterocycles. The van der Waals surface area contributed by atoms with Gasteiger partial charge >= 0.3 is 0 Å². The maximum Gasteiger partial charge on any atom is 0.265 e. The van der Waals surface area contributed by atoms with Crippen molar-refractivity contribution in [2.75, 3.05) is 0 Å². The Morgan fingerprint density at radius 2 is 1.90 bits per heavy atom. The highest BCUT2D eigenvalue weighted by Crippen LogP contribution is 2.14. The summed E-state index contributed by atoms with van der Waals surface area (Å²) in [6.07, 6.45) is 0.827. The molecule has 0 saturated carbocycles. The number of amides is 1. The van der Waals surface area contributed by atoms with Gasteiger partial charge in [-0.25, -0.2) is 9.82 Å². The Balaban J connectivity index is 1.98. The Bertz CT molecular complexity index is 572. The van der Waals surface area contributed by atoms with Crippen LogP contribution in [0, 0.1) is 5.82 Å². The van der Waals surface area contributed by atoms with Crippen molar-refractivity contribution in [2.45, 2.75) is 19.4 Å². The minimum atomic E-state index is -0.423. The van der Waals surface area contributed by atoms with E-state index in [9.17, 15) is 9.18 Å². The second kappa shape index (κ2) is 6.82. The summed E-state index contributed by atoms with van der Waals surface area (Å²) in [5, 5.41) is 0. The maximum atomic E-state index is 13.1. The number of benzene rings is 2. The first-order chi connectivity index (χ1) is 9.70. The molecule has 4 heteroatoms. The molecule has 0 aromatic heterocycles. The van der Waals surface area contributed by atoms with Crippen LogP contribution < -0.4 is 10.9 Å². The normalized spacial score (nSPS) is 11.9. The predicted molar refractivity (Wildman–Crippen MR) is 76.5 cm³/mol. The molecule has 2 rings (SSSR count). The van der Waals surface area contributed by atoms with Gasteiger partial charge in [0.1, 0.15) is 5.82 Å². The van der Waals surface area contributed by atoms with Crippen LogP contribution in [0.15, 0.2) is 54.6 Å². The van der Waals surface area contributed by atoms with E-state index in [4.69, 9.17) is 0 Å². The van der Waals surface area contributed by atoms with Crippen molar-refractivity contribution < 1.29 is 9.18 Å². The summed E-state index contributed by atoms with van der Waals surface area (Å²) in [6.45, 7) is 2.03. The molecule has 0 saturated heterocycles. The van der Waals surface area contributed by atoms with Crippen LogP contribution in [-0.2, 0) is 0 Å². The van der Waals surface area contributed by atoms with Gasteiger partial charge in [-0.2, -0.15) is 0 Å². The minimum absolute atomic E-state index is 0.0220. The molecule has 0 heterocycles. The zero-order chi connectivity index (χ0) is 14.4. The summed E-state index contributed by atoms with van der Waals surface area (Å²) >= 11 is 0. The number of carbonyl (C=O) groups excluding carboxylic acids is 1. The molecule has 2 aromatic rings. The van der Waals surface area contributed by atoms with Gasteiger partial charge in [-0.15, -0.1) is 0 Å². The molecule has 20 heavy (non-hydrogen) atoms. The fraction of sp³-hybridized carbons (Fsp3) is 0.188. The largest absolute Gasteiger partial charge is 0.287 e. The zero-order valence-electron chi connectivity index (χ0n) is 11.3. The van der Waals surface area contributed by atoms with Crippen molar-refractivity contribution in [3.63, 3.8) is 0 Å². The lowest BCUT2D eigenvalue weighted by molar-refractivity contribution is 0.0924. The average Bonchev–Trinajstić information content (AvgIpc) is 2.49. The molecule has 3 nitrogen and oxygen atoms in total. The van der Waals surface area contributed by atoms with E-state index < -0.39 is 5.82 Å². The Labute approximate surface area is 117 Å². The molecule has 0 fully saturated rings. The molecule has 0 spiro atoms. The van der Waals surface area contributed by atoms with E-state index in [1.807, 2.05) is 37.3 Å². The summed E-state index contributed by atoms with van der Waals surface area (Å²) in [7, 11) is 0. The molecule has 1 atom stereocenters. The van der Waals surface area contributed by atoms with E-state index in [0.29, 0.717) is 5.56 Å². The number of hydrogen-bond acceptors (Lipinski definition) is 2. The van der Waals surface area contributed by atoms with Crippen LogP contribution in [-0.4, -0.2) is 5.91 Å². The van der Waals surface area contributed by atoms with Gasteiger partial charge < -0.3 is 0 Å². The van der Waals surface area contributed by atoms with E-state index in [-0.39, 0.29) is 11.9 Å². The zero-order valence-corrected chi connectivity index (χ0v) is 11.3. The summed E-state index contributed by atoms with van der Waals surface area (Å²) < 4.78 is 13.1. The van der Waals surface area contributed by atoms with Crippen molar-refractivity contribution in [3.05, 3.63) is 71.5 Å². The highest BCUT2D eigenvalue weighted by Gasteiger charge is 2.11. The SMILES string of the molecule is CCC(NNC(=O)c1cccc(F)c1)c1ccccc1. The van der Waals surface area contributed by atoms with E-state index in [1.165, 1.54) is 18.2 Å². The van der Waals surface area contributed by atoms with Gasteiger partial charge in [-0.1, -0.05) is 43.3 Å². The van der Waals surface area contributed by atoms with Crippen LogP contribution >= 0.6 is 0 Å². The van der Waals surface area contributed by atoms with Gasteiger partial charge in [0.15, 0.2) is 0 Å². The Morgan fingerprint density at radius 1 is 1.15 bits per heavy atom. The number of carbonyl (C=O) groups is 1. The maximum absolute atomic E-state index is 13.1. The van der Waals surface area contributed by atoms with Crippen LogP contribution in [0.4, 0.5) is 4.39 Å². The van der Waals surface area contributed by atoms with E-state index >= 15 is 0 Å². The summed E-state index contributed by atoms with van der Waals surface area (Å²) in [5.41, 5.74) is 6.99. The van der Waals surface area contributed by atoms with Crippen LogP contribution in [0.25, 0.3) is 0 Å². The Kier molecular flexibility index (Phi) is 4.85. The Hall–Kier alpha value is -2.20. The van der Waals surface area contributed by atoms with Crippen molar-refractivity contribution in [1.29, 1.82) is 0 Å². The van der Waals surface area contributed by atoms with Crippen LogP contribution in [0.3, 0.4) is 0 Å². The lowest BCUT2D eigenvalue weighted by atomic mass is 10.1. The van der Waals surface area contributed by atoms with Crippen molar-refractivity contribution in [1.82, 2.24) is 10.9 Å². The van der Waals surface area contributed by atoms with E-state index in [1.54, 1.807) is 6.07 Å². The third-order valence-corrected chi connectivity index (χ3v) is 3.06. The van der Waals surface area contributed by atoms with Crippen molar-refractivity contribution in [2.24, 2.45) is 0 Å². The van der Waals surface area contributed by atoms with E-state index in [2.05, 4.69) is 10.9 Å². The monoisotopic (exact) mass is 272 g/mol. The molecule has 0 aliphatic rings. The molecule has 0 bridgehead atoms.